The van der Waals surface area contributed by atoms with Crippen molar-refractivity contribution in [2.75, 3.05) is 12.0 Å². The third-order valence-electron chi connectivity index (χ3n) is 7.23. The van der Waals surface area contributed by atoms with Crippen molar-refractivity contribution in [2.24, 2.45) is 34.7 Å². The number of anilines is 1. The fourth-order valence-electron chi connectivity index (χ4n) is 6.03. The predicted octanol–water partition coefficient (Wildman–Crippen LogP) is 4.18. The number of methoxy groups -OCH3 is 1. The number of carbonyl (C=O) groups is 2. The van der Waals surface area contributed by atoms with E-state index in [1.165, 1.54) is 4.90 Å². The van der Waals surface area contributed by atoms with Crippen LogP contribution in [0.2, 0.25) is 10.0 Å². The summed E-state index contributed by atoms with van der Waals surface area (Å²) in [6, 6.07) is 12.3. The number of imide groups is 1. The van der Waals surface area contributed by atoms with Gasteiger partial charge >= 0.3 is 0 Å². The Labute approximate surface area is 188 Å². The summed E-state index contributed by atoms with van der Waals surface area (Å²) in [5, 5.41) is 5.38. The third kappa shape index (κ3) is 2.55. The maximum absolute atomic E-state index is 13.4. The van der Waals surface area contributed by atoms with E-state index in [1.807, 2.05) is 6.07 Å². The molecule has 2 amide bonds. The Balaban J connectivity index is 1.34. The van der Waals surface area contributed by atoms with Gasteiger partial charge in [-0.2, -0.15) is 0 Å². The number of ether oxygens (including phenoxy) is 1. The van der Waals surface area contributed by atoms with Crippen LogP contribution in [0.5, 0.6) is 5.75 Å². The second-order valence-corrected chi connectivity index (χ2v) is 9.37. The van der Waals surface area contributed by atoms with Crippen LogP contribution in [0.15, 0.2) is 47.6 Å². The first-order valence-electron chi connectivity index (χ1n) is 10.2. The minimum Gasteiger partial charge on any atom is -0.497 e. The summed E-state index contributed by atoms with van der Waals surface area (Å²) in [5.41, 5.74) is 2.09. The highest BCUT2D eigenvalue weighted by Gasteiger charge is 2.70. The molecular weight excluding hydrogens is 439 g/mol. The van der Waals surface area contributed by atoms with Gasteiger partial charge in [0.2, 0.25) is 11.8 Å². The van der Waals surface area contributed by atoms with Gasteiger partial charge in [0.25, 0.3) is 0 Å². The van der Waals surface area contributed by atoms with Crippen LogP contribution >= 0.6 is 23.2 Å². The van der Waals surface area contributed by atoms with Crippen LogP contribution in [-0.2, 0) is 14.4 Å². The lowest BCUT2D eigenvalue weighted by Crippen LogP contribution is -2.41. The molecule has 0 spiro atoms. The van der Waals surface area contributed by atoms with E-state index in [2.05, 4.69) is 5.16 Å². The number of amides is 2. The Morgan fingerprint density at radius 2 is 1.71 bits per heavy atom. The van der Waals surface area contributed by atoms with Crippen LogP contribution in [0, 0.1) is 29.6 Å². The summed E-state index contributed by atoms with van der Waals surface area (Å²) in [4.78, 5) is 33.9. The molecule has 2 aliphatic heterocycles. The highest BCUT2D eigenvalue weighted by molar-refractivity contribution is 6.37. The van der Waals surface area contributed by atoms with Crippen molar-refractivity contribution >= 4 is 46.4 Å². The molecule has 2 bridgehead atoms. The zero-order valence-electron chi connectivity index (χ0n) is 16.5. The van der Waals surface area contributed by atoms with Crippen molar-refractivity contribution in [1.29, 1.82) is 0 Å². The standard InChI is InChI=1S/C23H18Cl2N2O4/c1-30-12-5-3-11(4-6-12)27-22(28)17-14-9-15(18(17)23(27)29)21-19(14)20(26-31-21)13-7-2-10(24)8-16(13)25/h2-8,14-15,17-19,21H,9H2,1H3/t14-,15-,17-,18-,19-,21+/m1/s1. The monoisotopic (exact) mass is 456 g/mol. The molecule has 3 fully saturated rings. The van der Waals surface area contributed by atoms with Crippen molar-refractivity contribution < 1.29 is 19.2 Å². The number of benzene rings is 2. The Morgan fingerprint density at radius 1 is 1.00 bits per heavy atom. The van der Waals surface area contributed by atoms with E-state index in [0.717, 1.165) is 17.7 Å². The van der Waals surface area contributed by atoms with E-state index in [1.54, 1.807) is 43.5 Å². The zero-order chi connectivity index (χ0) is 21.4. The van der Waals surface area contributed by atoms with Gasteiger partial charge in [-0.1, -0.05) is 34.4 Å². The molecule has 0 radical (unpaired) electrons. The van der Waals surface area contributed by atoms with Crippen molar-refractivity contribution in [1.82, 2.24) is 0 Å². The van der Waals surface area contributed by atoms with Gasteiger partial charge in [-0.25, -0.2) is 0 Å². The number of hydrogen-bond donors (Lipinski definition) is 0. The average Bonchev–Trinajstić information content (AvgIpc) is 3.49. The SMILES string of the molecule is COc1ccc(N2C(=O)[C@@H]3[C@H]4C[C@@H]([C@@H]5ON=C(c6ccc(Cl)cc6Cl)[C@@H]45)[C@H]3C2=O)cc1. The van der Waals surface area contributed by atoms with Crippen molar-refractivity contribution in [3.8, 4) is 5.75 Å². The molecule has 6 nitrogen and oxygen atoms in total. The number of rotatable bonds is 3. The van der Waals surface area contributed by atoms with Crippen LogP contribution in [0.25, 0.3) is 0 Å². The molecule has 2 heterocycles. The normalized spacial score (nSPS) is 32.7. The van der Waals surface area contributed by atoms with E-state index in [4.69, 9.17) is 32.8 Å². The molecular formula is C23H18Cl2N2O4. The van der Waals surface area contributed by atoms with Gasteiger partial charge in [0, 0.05) is 22.4 Å². The van der Waals surface area contributed by atoms with Crippen LogP contribution in [0.3, 0.4) is 0 Å². The number of halogens is 2. The minimum absolute atomic E-state index is 0.00677. The Kier molecular flexibility index (Phi) is 4.14. The number of nitrogens with zero attached hydrogens (tertiary/aromatic N) is 2. The Morgan fingerprint density at radius 3 is 2.39 bits per heavy atom. The first kappa shape index (κ1) is 19.1. The van der Waals surface area contributed by atoms with Gasteiger partial charge in [0.15, 0.2) is 0 Å². The topological polar surface area (TPSA) is 68.2 Å². The summed E-state index contributed by atoms with van der Waals surface area (Å²) in [6.07, 6.45) is 0.573. The molecule has 2 aliphatic carbocycles. The largest absolute Gasteiger partial charge is 0.497 e. The first-order valence-corrected chi connectivity index (χ1v) is 11.0. The fourth-order valence-corrected chi connectivity index (χ4v) is 6.54. The maximum Gasteiger partial charge on any atom is 0.238 e. The summed E-state index contributed by atoms with van der Waals surface area (Å²) < 4.78 is 5.19. The molecule has 8 heteroatoms. The van der Waals surface area contributed by atoms with Gasteiger partial charge in [0.05, 0.1) is 35.4 Å². The van der Waals surface area contributed by atoms with Crippen LogP contribution in [-0.4, -0.2) is 30.7 Å². The molecule has 2 aromatic rings. The minimum atomic E-state index is -0.365. The second kappa shape index (κ2) is 6.71. The Bertz CT molecular complexity index is 1150. The van der Waals surface area contributed by atoms with Crippen molar-refractivity contribution in [3.05, 3.63) is 58.1 Å². The van der Waals surface area contributed by atoms with Gasteiger partial charge in [-0.15, -0.1) is 0 Å². The van der Waals surface area contributed by atoms with E-state index in [9.17, 15) is 9.59 Å². The average molecular weight is 457 g/mol. The van der Waals surface area contributed by atoms with E-state index in [0.29, 0.717) is 21.5 Å². The number of fused-ring (bicyclic) bond motifs is 8. The maximum atomic E-state index is 13.4. The van der Waals surface area contributed by atoms with Gasteiger partial charge < -0.3 is 9.57 Å². The van der Waals surface area contributed by atoms with Gasteiger partial charge in [-0.05, 0) is 48.7 Å². The molecule has 6 rings (SSSR count). The molecule has 0 unspecified atom stereocenters. The fraction of sp³-hybridized carbons (Fsp3) is 0.348. The summed E-state index contributed by atoms with van der Waals surface area (Å²) in [7, 11) is 1.58. The van der Waals surface area contributed by atoms with Gasteiger partial charge in [0.1, 0.15) is 11.9 Å². The van der Waals surface area contributed by atoms with Crippen LogP contribution in [0.4, 0.5) is 5.69 Å². The summed E-state index contributed by atoms with van der Waals surface area (Å²) >= 11 is 12.5. The Hall–Kier alpha value is -2.57. The highest BCUT2D eigenvalue weighted by atomic mass is 35.5. The molecule has 1 saturated heterocycles. The van der Waals surface area contributed by atoms with E-state index >= 15 is 0 Å². The molecule has 6 atom stereocenters. The number of carbonyl (C=O) groups excluding carboxylic acids is 2. The molecule has 4 aliphatic rings. The summed E-state index contributed by atoms with van der Waals surface area (Å²) in [6.45, 7) is 0. The lowest BCUT2D eigenvalue weighted by Gasteiger charge is -2.30. The van der Waals surface area contributed by atoms with E-state index < -0.39 is 0 Å². The summed E-state index contributed by atoms with van der Waals surface area (Å²) in [5.74, 6) is -0.439. The van der Waals surface area contributed by atoms with Gasteiger partial charge in [-0.3, -0.25) is 14.5 Å². The van der Waals surface area contributed by atoms with Crippen molar-refractivity contribution in [3.63, 3.8) is 0 Å². The second-order valence-electron chi connectivity index (χ2n) is 8.52. The van der Waals surface area contributed by atoms with Crippen molar-refractivity contribution in [2.45, 2.75) is 12.5 Å². The molecule has 0 N–H and O–H groups in total. The predicted molar refractivity (Wildman–Crippen MR) is 115 cm³/mol. The highest BCUT2D eigenvalue weighted by Crippen LogP contribution is 2.62. The molecule has 31 heavy (non-hydrogen) atoms. The number of oxime groups is 1. The zero-order valence-corrected chi connectivity index (χ0v) is 18.0. The van der Waals surface area contributed by atoms with Crippen LogP contribution < -0.4 is 9.64 Å². The number of hydrogen-bond acceptors (Lipinski definition) is 5. The van der Waals surface area contributed by atoms with E-state index in [-0.39, 0.29) is 47.5 Å². The van der Waals surface area contributed by atoms with Crippen LogP contribution in [0.1, 0.15) is 12.0 Å². The first-order chi connectivity index (χ1) is 15.0. The third-order valence-corrected chi connectivity index (χ3v) is 7.78. The lowest BCUT2D eigenvalue weighted by molar-refractivity contribution is -0.125. The molecule has 158 valence electrons. The molecule has 2 saturated carbocycles. The lowest BCUT2D eigenvalue weighted by atomic mass is 9.71. The molecule has 2 aromatic carbocycles. The quantitative estimate of drug-likeness (QED) is 0.649. The smallest absolute Gasteiger partial charge is 0.238 e. The molecule has 0 aromatic heterocycles.